The maximum absolute atomic E-state index is 12.4. The van der Waals surface area contributed by atoms with E-state index >= 15 is 0 Å². The number of methoxy groups -OCH3 is 1. The van der Waals surface area contributed by atoms with Gasteiger partial charge in [-0.05, 0) is 43.0 Å². The normalized spacial score (nSPS) is 18.8. The van der Waals surface area contributed by atoms with Crippen molar-refractivity contribution in [3.8, 4) is 5.75 Å². The van der Waals surface area contributed by atoms with Gasteiger partial charge in [0.1, 0.15) is 5.75 Å². The van der Waals surface area contributed by atoms with Crippen LogP contribution >= 0.6 is 0 Å². The summed E-state index contributed by atoms with van der Waals surface area (Å²) in [6.07, 6.45) is 2.62. The maximum atomic E-state index is 12.4. The van der Waals surface area contributed by atoms with Gasteiger partial charge in [0.15, 0.2) is 0 Å². The first-order chi connectivity index (χ1) is 13.1. The summed E-state index contributed by atoms with van der Waals surface area (Å²) in [6.45, 7) is 2.04. The van der Waals surface area contributed by atoms with Crippen LogP contribution in [0.5, 0.6) is 5.75 Å². The van der Waals surface area contributed by atoms with Gasteiger partial charge in [0.05, 0.1) is 13.3 Å². The molecule has 0 bridgehead atoms. The van der Waals surface area contributed by atoms with Gasteiger partial charge in [-0.15, -0.1) is 0 Å². The minimum absolute atomic E-state index is 0.0123. The van der Waals surface area contributed by atoms with Crippen molar-refractivity contribution in [2.24, 2.45) is 18.1 Å². The minimum atomic E-state index is -0.0180. The Hall–Kier alpha value is -3.08. The lowest BCUT2D eigenvalue weighted by Crippen LogP contribution is -2.20. The van der Waals surface area contributed by atoms with Crippen LogP contribution in [-0.2, 0) is 11.8 Å². The Morgan fingerprint density at radius 3 is 2.78 bits per heavy atom. The number of hydrogen-bond donors (Lipinski definition) is 1. The zero-order valence-corrected chi connectivity index (χ0v) is 15.8. The van der Waals surface area contributed by atoms with Crippen LogP contribution in [0.1, 0.15) is 29.2 Å². The summed E-state index contributed by atoms with van der Waals surface area (Å²) in [7, 11) is 3.68. The largest absolute Gasteiger partial charge is 0.497 e. The van der Waals surface area contributed by atoms with E-state index in [0.29, 0.717) is 5.92 Å². The Bertz CT molecular complexity index is 1020. The molecule has 27 heavy (non-hydrogen) atoms. The van der Waals surface area contributed by atoms with E-state index in [1.54, 1.807) is 13.3 Å². The molecule has 3 aromatic rings. The van der Waals surface area contributed by atoms with E-state index in [1.165, 1.54) is 5.56 Å². The Labute approximate surface area is 158 Å². The van der Waals surface area contributed by atoms with E-state index in [2.05, 4.69) is 27.2 Å². The molecule has 1 heterocycles. The number of hydrogen-bond acceptors (Lipinski definition) is 3. The van der Waals surface area contributed by atoms with Gasteiger partial charge in [0.2, 0.25) is 5.91 Å². The summed E-state index contributed by atoms with van der Waals surface area (Å²) in [4.78, 5) is 12.4. The summed E-state index contributed by atoms with van der Waals surface area (Å²) in [5, 5.41) is 5.29. The molecule has 2 aromatic carbocycles. The number of fused-ring (bicyclic) bond motifs is 1. The molecular formula is C22H23N3O2. The molecule has 1 fully saturated rings. The summed E-state index contributed by atoms with van der Waals surface area (Å²) >= 11 is 0. The lowest BCUT2D eigenvalue weighted by Gasteiger charge is -2.01. The molecule has 0 unspecified atom stereocenters. The average molecular weight is 361 g/mol. The van der Waals surface area contributed by atoms with Crippen molar-refractivity contribution in [3.63, 3.8) is 0 Å². The topological polar surface area (TPSA) is 55.6 Å². The van der Waals surface area contributed by atoms with Crippen LogP contribution < -0.4 is 10.2 Å². The number of carbonyl (C=O) groups excluding carboxylic acids is 1. The van der Waals surface area contributed by atoms with Crippen molar-refractivity contribution in [3.05, 3.63) is 65.4 Å². The van der Waals surface area contributed by atoms with Crippen molar-refractivity contribution < 1.29 is 9.53 Å². The number of nitrogens with zero attached hydrogens (tertiary/aromatic N) is 2. The van der Waals surface area contributed by atoms with E-state index < -0.39 is 0 Å². The number of amides is 1. The maximum Gasteiger partial charge on any atom is 0.243 e. The monoisotopic (exact) mass is 361 g/mol. The predicted molar refractivity (Wildman–Crippen MR) is 107 cm³/mol. The van der Waals surface area contributed by atoms with Gasteiger partial charge in [-0.3, -0.25) is 4.79 Å². The number of nitrogens with one attached hydrogen (secondary N) is 1. The quantitative estimate of drug-likeness (QED) is 0.556. The van der Waals surface area contributed by atoms with Crippen molar-refractivity contribution in [1.29, 1.82) is 0 Å². The zero-order valence-electron chi connectivity index (χ0n) is 15.8. The zero-order chi connectivity index (χ0) is 19.0. The van der Waals surface area contributed by atoms with Gasteiger partial charge in [0, 0.05) is 35.1 Å². The molecular weight excluding hydrogens is 338 g/mol. The van der Waals surface area contributed by atoms with Crippen molar-refractivity contribution in [2.75, 3.05) is 7.11 Å². The fraction of sp³-hybridized carbons (Fsp3) is 0.273. The molecule has 138 valence electrons. The van der Waals surface area contributed by atoms with Crippen molar-refractivity contribution in [1.82, 2.24) is 9.99 Å². The third kappa shape index (κ3) is 3.21. The number of hydrazone groups is 1. The molecule has 0 aliphatic heterocycles. The third-order valence-corrected chi connectivity index (χ3v) is 5.47. The first kappa shape index (κ1) is 17.3. The molecule has 1 N–H and O–H groups in total. The summed E-state index contributed by atoms with van der Waals surface area (Å²) in [5.41, 5.74) is 7.11. The molecule has 5 nitrogen and oxygen atoms in total. The van der Waals surface area contributed by atoms with Crippen LogP contribution in [0.25, 0.3) is 10.9 Å². The second-order valence-electron chi connectivity index (χ2n) is 7.03. The van der Waals surface area contributed by atoms with E-state index in [9.17, 15) is 4.79 Å². The van der Waals surface area contributed by atoms with Crippen LogP contribution in [0.4, 0.5) is 0 Å². The van der Waals surface area contributed by atoms with Gasteiger partial charge in [-0.1, -0.05) is 30.3 Å². The van der Waals surface area contributed by atoms with Crippen molar-refractivity contribution in [2.45, 2.75) is 19.3 Å². The second-order valence-corrected chi connectivity index (χ2v) is 7.03. The number of benzene rings is 2. The van der Waals surface area contributed by atoms with Crippen LogP contribution in [0.15, 0.2) is 53.6 Å². The number of aromatic nitrogens is 1. The summed E-state index contributed by atoms with van der Waals surface area (Å²) < 4.78 is 7.45. The number of rotatable bonds is 5. The van der Waals surface area contributed by atoms with Crippen LogP contribution in [-0.4, -0.2) is 23.8 Å². The Balaban J connectivity index is 1.49. The second kappa shape index (κ2) is 6.91. The van der Waals surface area contributed by atoms with Gasteiger partial charge in [0.25, 0.3) is 0 Å². The average Bonchev–Trinajstić information content (AvgIpc) is 3.47. The molecule has 1 aromatic heterocycles. The van der Waals surface area contributed by atoms with Gasteiger partial charge < -0.3 is 9.30 Å². The van der Waals surface area contributed by atoms with E-state index in [4.69, 9.17) is 4.74 Å². The number of ether oxygens (including phenoxy) is 1. The highest BCUT2D eigenvalue weighted by Gasteiger charge is 2.43. The molecule has 1 amide bonds. The minimum Gasteiger partial charge on any atom is -0.497 e. The van der Waals surface area contributed by atoms with Crippen molar-refractivity contribution >= 4 is 23.0 Å². The van der Waals surface area contributed by atoms with Crippen LogP contribution in [0, 0.1) is 12.8 Å². The number of carbonyl (C=O) groups is 1. The lowest BCUT2D eigenvalue weighted by atomic mass is 10.1. The summed E-state index contributed by atoms with van der Waals surface area (Å²) in [6, 6.07) is 16.1. The first-order valence-corrected chi connectivity index (χ1v) is 9.11. The van der Waals surface area contributed by atoms with Gasteiger partial charge in [-0.25, -0.2) is 5.43 Å². The Kier molecular flexibility index (Phi) is 4.44. The van der Waals surface area contributed by atoms with Gasteiger partial charge in [-0.2, -0.15) is 5.10 Å². The summed E-state index contributed by atoms with van der Waals surface area (Å²) in [5.74, 6) is 1.11. The fourth-order valence-corrected chi connectivity index (χ4v) is 3.67. The SMILES string of the molecule is COc1ccc2c(c1)c(/C=N\NC(=O)[C@H]1C[C@@H]1c1ccccc1)c(C)n2C. The smallest absolute Gasteiger partial charge is 0.243 e. The first-order valence-electron chi connectivity index (χ1n) is 9.11. The highest BCUT2D eigenvalue weighted by atomic mass is 16.5. The molecule has 4 rings (SSSR count). The molecule has 0 radical (unpaired) electrons. The molecule has 5 heteroatoms. The van der Waals surface area contributed by atoms with E-state index in [0.717, 1.165) is 34.3 Å². The van der Waals surface area contributed by atoms with Gasteiger partial charge >= 0.3 is 0 Å². The Morgan fingerprint density at radius 1 is 1.26 bits per heavy atom. The molecule has 2 atom stereocenters. The molecule has 1 saturated carbocycles. The fourth-order valence-electron chi connectivity index (χ4n) is 3.67. The molecule has 0 saturated heterocycles. The standard InChI is InChI=1S/C22H23N3O2/c1-14-20(18-11-16(27-3)9-10-21(18)25(14)2)13-23-24-22(26)19-12-17(19)15-7-5-4-6-8-15/h4-11,13,17,19H,12H2,1-3H3,(H,24,26)/b23-13-/t17-,19+/m1/s1. The Morgan fingerprint density at radius 2 is 2.04 bits per heavy atom. The van der Waals surface area contributed by atoms with Crippen LogP contribution in [0.2, 0.25) is 0 Å². The number of aryl methyl sites for hydroxylation is 1. The highest BCUT2D eigenvalue weighted by molar-refractivity contribution is 6.02. The third-order valence-electron chi connectivity index (χ3n) is 5.47. The predicted octanol–water partition coefficient (Wildman–Crippen LogP) is 3.75. The van der Waals surface area contributed by atoms with Crippen LogP contribution in [0.3, 0.4) is 0 Å². The highest BCUT2D eigenvalue weighted by Crippen LogP contribution is 2.47. The lowest BCUT2D eigenvalue weighted by molar-refractivity contribution is -0.122. The molecule has 0 spiro atoms. The van der Waals surface area contributed by atoms with E-state index in [1.807, 2.05) is 50.4 Å². The molecule has 1 aliphatic rings. The molecule has 1 aliphatic carbocycles. The van der Waals surface area contributed by atoms with E-state index in [-0.39, 0.29) is 11.8 Å².